The van der Waals surface area contributed by atoms with Gasteiger partial charge >= 0.3 is 0 Å². The van der Waals surface area contributed by atoms with Gasteiger partial charge in [-0.2, -0.15) is 0 Å². The van der Waals surface area contributed by atoms with Crippen molar-refractivity contribution in [2.45, 2.75) is 19.5 Å². The zero-order valence-electron chi connectivity index (χ0n) is 10.8. The van der Waals surface area contributed by atoms with Crippen LogP contribution in [0.15, 0.2) is 40.3 Å². The molecule has 1 aromatic rings. The van der Waals surface area contributed by atoms with Crippen LogP contribution in [-0.4, -0.2) is 36.6 Å². The average molecular weight is 245 g/mol. The fourth-order valence-electron chi connectivity index (χ4n) is 1.81. The number of guanidine groups is 2. The molecule has 0 amide bonds. The fourth-order valence-corrected chi connectivity index (χ4v) is 1.81. The van der Waals surface area contributed by atoms with E-state index in [0.717, 1.165) is 18.9 Å². The van der Waals surface area contributed by atoms with Crippen LogP contribution in [0.25, 0.3) is 0 Å². The van der Waals surface area contributed by atoms with E-state index in [4.69, 9.17) is 5.73 Å². The highest BCUT2D eigenvalue weighted by atomic mass is 15.4. The Balaban J connectivity index is 1.87. The molecule has 1 heterocycles. The predicted molar refractivity (Wildman–Crippen MR) is 74.4 cm³/mol. The standard InChI is InChI=1S/C13H19N5/c1-10-16-12(14)18(2)13(17-10)15-9-8-11-6-4-3-5-7-11/h3-7,10H,8-9H2,1-2H3,(H2,14,16)(H,15,17). The van der Waals surface area contributed by atoms with E-state index >= 15 is 0 Å². The monoisotopic (exact) mass is 245 g/mol. The lowest BCUT2D eigenvalue weighted by atomic mass is 10.1. The Morgan fingerprint density at radius 2 is 2.00 bits per heavy atom. The van der Waals surface area contributed by atoms with Crippen molar-refractivity contribution in [3.63, 3.8) is 0 Å². The Labute approximate surface area is 107 Å². The molecule has 1 aliphatic heterocycles. The van der Waals surface area contributed by atoms with Gasteiger partial charge in [0.1, 0.15) is 6.17 Å². The van der Waals surface area contributed by atoms with Crippen LogP contribution in [0, 0.1) is 0 Å². The molecule has 0 aliphatic carbocycles. The minimum atomic E-state index is -0.111. The van der Waals surface area contributed by atoms with Gasteiger partial charge in [-0.25, -0.2) is 9.98 Å². The number of nitrogens with zero attached hydrogens (tertiary/aromatic N) is 3. The maximum Gasteiger partial charge on any atom is 0.202 e. The van der Waals surface area contributed by atoms with Gasteiger partial charge in [-0.05, 0) is 18.9 Å². The normalized spacial score (nSPS) is 19.2. The van der Waals surface area contributed by atoms with Gasteiger partial charge in [-0.1, -0.05) is 30.3 Å². The van der Waals surface area contributed by atoms with E-state index in [1.54, 1.807) is 4.90 Å². The second-order valence-corrected chi connectivity index (χ2v) is 4.29. The van der Waals surface area contributed by atoms with Crippen molar-refractivity contribution in [1.29, 1.82) is 0 Å². The molecule has 0 saturated carbocycles. The number of hydrogen-bond acceptors (Lipinski definition) is 5. The third-order valence-electron chi connectivity index (χ3n) is 2.83. The quantitative estimate of drug-likeness (QED) is 0.827. The molecule has 0 aromatic heterocycles. The summed E-state index contributed by atoms with van der Waals surface area (Å²) in [5.74, 6) is 1.28. The number of rotatable bonds is 3. The molecule has 1 unspecified atom stereocenters. The molecule has 5 heteroatoms. The van der Waals surface area contributed by atoms with Gasteiger partial charge in [-0.3, -0.25) is 4.90 Å². The molecule has 2 rings (SSSR count). The first kappa shape index (κ1) is 12.4. The van der Waals surface area contributed by atoms with E-state index < -0.39 is 0 Å². The molecule has 0 saturated heterocycles. The molecule has 0 bridgehead atoms. The molecular formula is C13H19N5. The van der Waals surface area contributed by atoms with Gasteiger partial charge in [0.25, 0.3) is 0 Å². The number of nitrogens with two attached hydrogens (primary N) is 1. The predicted octanol–water partition coefficient (Wildman–Crippen LogP) is 0.781. The molecular weight excluding hydrogens is 226 g/mol. The van der Waals surface area contributed by atoms with Crippen molar-refractivity contribution in [2.24, 2.45) is 15.7 Å². The van der Waals surface area contributed by atoms with Crippen LogP contribution >= 0.6 is 0 Å². The highest BCUT2D eigenvalue weighted by Gasteiger charge is 2.16. The summed E-state index contributed by atoms with van der Waals surface area (Å²) < 4.78 is 0. The second kappa shape index (κ2) is 5.53. The van der Waals surface area contributed by atoms with Crippen molar-refractivity contribution >= 4 is 11.9 Å². The Bertz CT molecular complexity index is 452. The van der Waals surface area contributed by atoms with Crippen molar-refractivity contribution in [3.05, 3.63) is 35.9 Å². The highest BCUT2D eigenvalue weighted by Crippen LogP contribution is 2.03. The second-order valence-electron chi connectivity index (χ2n) is 4.29. The SMILES string of the molecule is CC1N=C(N)N(C)C(NCCc2ccccc2)=N1. The summed E-state index contributed by atoms with van der Waals surface area (Å²) >= 11 is 0. The zero-order chi connectivity index (χ0) is 13.0. The summed E-state index contributed by atoms with van der Waals surface area (Å²) in [5, 5.41) is 3.30. The zero-order valence-corrected chi connectivity index (χ0v) is 10.8. The largest absolute Gasteiger partial charge is 0.369 e. The molecule has 18 heavy (non-hydrogen) atoms. The van der Waals surface area contributed by atoms with Gasteiger partial charge in [-0.15, -0.1) is 0 Å². The van der Waals surface area contributed by atoms with Crippen LogP contribution in [0.3, 0.4) is 0 Å². The summed E-state index contributed by atoms with van der Waals surface area (Å²) in [7, 11) is 1.86. The fraction of sp³-hybridized carbons (Fsp3) is 0.385. The van der Waals surface area contributed by atoms with Crippen molar-refractivity contribution in [2.75, 3.05) is 13.6 Å². The van der Waals surface area contributed by atoms with Gasteiger partial charge in [0.2, 0.25) is 5.96 Å². The van der Waals surface area contributed by atoms with Crippen molar-refractivity contribution in [1.82, 2.24) is 10.2 Å². The molecule has 3 N–H and O–H groups in total. The first-order valence-corrected chi connectivity index (χ1v) is 6.09. The molecule has 0 spiro atoms. The Hall–Kier alpha value is -2.04. The molecule has 1 aromatic carbocycles. The Morgan fingerprint density at radius 1 is 1.28 bits per heavy atom. The molecule has 0 radical (unpaired) electrons. The number of benzene rings is 1. The molecule has 5 nitrogen and oxygen atoms in total. The minimum Gasteiger partial charge on any atom is -0.369 e. The summed E-state index contributed by atoms with van der Waals surface area (Å²) in [6, 6.07) is 10.4. The Kier molecular flexibility index (Phi) is 3.82. The lowest BCUT2D eigenvalue weighted by Crippen LogP contribution is -2.49. The number of nitrogens with one attached hydrogen (secondary N) is 1. The maximum absolute atomic E-state index is 5.80. The van der Waals surface area contributed by atoms with E-state index in [9.17, 15) is 0 Å². The summed E-state index contributed by atoms with van der Waals surface area (Å²) in [6.07, 6.45) is 0.847. The van der Waals surface area contributed by atoms with Crippen LogP contribution in [-0.2, 0) is 6.42 Å². The first-order chi connectivity index (χ1) is 8.66. The summed E-state index contributed by atoms with van der Waals surface area (Å²) in [6.45, 7) is 2.74. The van der Waals surface area contributed by atoms with Crippen molar-refractivity contribution in [3.8, 4) is 0 Å². The van der Waals surface area contributed by atoms with E-state index in [2.05, 4.69) is 27.4 Å². The van der Waals surface area contributed by atoms with Gasteiger partial charge in [0.05, 0.1) is 0 Å². The van der Waals surface area contributed by atoms with Crippen LogP contribution in [0.5, 0.6) is 0 Å². The number of aliphatic imine (C=N–C) groups is 2. The van der Waals surface area contributed by atoms with Crippen molar-refractivity contribution < 1.29 is 0 Å². The molecule has 96 valence electrons. The van der Waals surface area contributed by atoms with Crippen LogP contribution < -0.4 is 11.1 Å². The topological polar surface area (TPSA) is 66.0 Å². The lowest BCUT2D eigenvalue weighted by molar-refractivity contribution is 0.610. The molecule has 1 atom stereocenters. The molecule has 0 fully saturated rings. The van der Waals surface area contributed by atoms with E-state index in [0.29, 0.717) is 5.96 Å². The maximum atomic E-state index is 5.80. The molecule has 1 aliphatic rings. The number of hydrogen-bond donors (Lipinski definition) is 2. The van der Waals surface area contributed by atoms with Crippen LogP contribution in [0.4, 0.5) is 0 Å². The van der Waals surface area contributed by atoms with E-state index in [1.165, 1.54) is 5.56 Å². The third kappa shape index (κ3) is 3.00. The first-order valence-electron chi connectivity index (χ1n) is 6.09. The summed E-state index contributed by atoms with van der Waals surface area (Å²) in [5.41, 5.74) is 7.10. The van der Waals surface area contributed by atoms with E-state index in [-0.39, 0.29) is 6.17 Å². The highest BCUT2D eigenvalue weighted by molar-refractivity contribution is 5.99. The smallest absolute Gasteiger partial charge is 0.202 e. The Morgan fingerprint density at radius 3 is 2.72 bits per heavy atom. The summed E-state index contributed by atoms with van der Waals surface area (Å²) in [4.78, 5) is 10.4. The van der Waals surface area contributed by atoms with Crippen LogP contribution in [0.2, 0.25) is 0 Å². The van der Waals surface area contributed by atoms with Gasteiger partial charge in [0.15, 0.2) is 5.96 Å². The van der Waals surface area contributed by atoms with Gasteiger partial charge in [0, 0.05) is 13.6 Å². The van der Waals surface area contributed by atoms with Gasteiger partial charge < -0.3 is 11.1 Å². The average Bonchev–Trinajstić information content (AvgIpc) is 2.36. The third-order valence-corrected chi connectivity index (χ3v) is 2.83. The lowest BCUT2D eigenvalue weighted by Gasteiger charge is -2.26. The van der Waals surface area contributed by atoms with E-state index in [1.807, 2.05) is 32.2 Å². The van der Waals surface area contributed by atoms with Crippen LogP contribution in [0.1, 0.15) is 12.5 Å². The minimum absolute atomic E-state index is 0.111.